The van der Waals surface area contributed by atoms with Gasteiger partial charge in [0, 0.05) is 18.8 Å². The summed E-state index contributed by atoms with van der Waals surface area (Å²) in [5.41, 5.74) is 3.37. The molecule has 1 saturated heterocycles. The van der Waals surface area contributed by atoms with Gasteiger partial charge in [-0.15, -0.1) is 0 Å². The van der Waals surface area contributed by atoms with Gasteiger partial charge in [0.15, 0.2) is 0 Å². The molecule has 2 amide bonds. The smallest absolute Gasteiger partial charge is 0.317 e. The molecule has 0 bridgehead atoms. The number of H-pyrrole nitrogens is 1. The number of primary sulfonamides is 1. The lowest BCUT2D eigenvalue weighted by molar-refractivity contribution is 0.207. The molecule has 1 aliphatic carbocycles. The zero-order chi connectivity index (χ0) is 17.2. The fourth-order valence-electron chi connectivity index (χ4n) is 3.63. The monoisotopic (exact) mass is 355 g/mol. The van der Waals surface area contributed by atoms with Crippen molar-refractivity contribution in [3.63, 3.8) is 0 Å². The molecule has 9 heteroatoms. The number of likely N-dealkylation sites (tertiary alicyclic amines) is 1. The van der Waals surface area contributed by atoms with Crippen molar-refractivity contribution in [1.29, 1.82) is 0 Å². The van der Waals surface area contributed by atoms with Gasteiger partial charge in [-0.2, -0.15) is 5.10 Å². The average Bonchev–Trinajstić information content (AvgIpc) is 3.04. The molecule has 0 unspecified atom stereocenters. The minimum atomic E-state index is -3.49. The van der Waals surface area contributed by atoms with Crippen molar-refractivity contribution < 1.29 is 13.2 Å². The summed E-state index contributed by atoms with van der Waals surface area (Å²) in [6.07, 6.45) is 6.28. The number of carbonyl (C=O) groups excluding carboxylic acids is 1. The second kappa shape index (κ2) is 7.10. The van der Waals surface area contributed by atoms with Gasteiger partial charge >= 0.3 is 6.03 Å². The number of amides is 2. The molecule has 1 aromatic heterocycles. The van der Waals surface area contributed by atoms with Crippen molar-refractivity contribution in [2.75, 3.05) is 18.8 Å². The van der Waals surface area contributed by atoms with Crippen LogP contribution in [0.2, 0.25) is 0 Å². The SMILES string of the molecule is NS(=O)(=O)C[C@@H]1CCN(C(=O)NCc2n[nH]c3c2CCCCC3)C1. The van der Waals surface area contributed by atoms with Gasteiger partial charge in [-0.25, -0.2) is 18.4 Å². The molecule has 1 aliphatic heterocycles. The number of aromatic amines is 1. The standard InChI is InChI=1S/C15H25N5O3S/c16-24(22,23)10-11-6-7-20(9-11)15(21)17-8-14-12-4-2-1-3-5-13(12)18-19-14/h11H,1-10H2,(H,17,21)(H,18,19)(H2,16,22,23)/t11-/m1/s1. The van der Waals surface area contributed by atoms with E-state index in [1.54, 1.807) is 4.90 Å². The minimum absolute atomic E-state index is 0.0658. The van der Waals surface area contributed by atoms with E-state index in [1.165, 1.54) is 24.1 Å². The lowest BCUT2D eigenvalue weighted by Crippen LogP contribution is -2.38. The third kappa shape index (κ3) is 4.27. The summed E-state index contributed by atoms with van der Waals surface area (Å²) in [6, 6.07) is -0.169. The molecule has 2 heterocycles. The van der Waals surface area contributed by atoms with Crippen LogP contribution in [0.5, 0.6) is 0 Å². The Kier molecular flexibility index (Phi) is 5.09. The number of sulfonamides is 1. The summed E-state index contributed by atoms with van der Waals surface area (Å²) in [5, 5.41) is 15.4. The van der Waals surface area contributed by atoms with Gasteiger partial charge in [0.25, 0.3) is 0 Å². The van der Waals surface area contributed by atoms with E-state index in [0.717, 1.165) is 25.0 Å². The Morgan fingerprint density at radius 1 is 1.33 bits per heavy atom. The first-order chi connectivity index (χ1) is 11.4. The van der Waals surface area contributed by atoms with Crippen LogP contribution in [0, 0.1) is 5.92 Å². The van der Waals surface area contributed by atoms with Crippen LogP contribution in [0.25, 0.3) is 0 Å². The van der Waals surface area contributed by atoms with Gasteiger partial charge in [-0.3, -0.25) is 5.10 Å². The highest BCUT2D eigenvalue weighted by Gasteiger charge is 2.29. The van der Waals surface area contributed by atoms with Crippen molar-refractivity contribution >= 4 is 16.1 Å². The van der Waals surface area contributed by atoms with E-state index in [9.17, 15) is 13.2 Å². The summed E-state index contributed by atoms with van der Waals surface area (Å²) in [5.74, 6) is -0.142. The van der Waals surface area contributed by atoms with E-state index >= 15 is 0 Å². The summed E-state index contributed by atoms with van der Waals surface area (Å²) in [7, 11) is -3.49. The second-order valence-corrected chi connectivity index (χ2v) is 8.44. The summed E-state index contributed by atoms with van der Waals surface area (Å²) in [4.78, 5) is 13.9. The Balaban J connectivity index is 1.52. The predicted molar refractivity (Wildman–Crippen MR) is 89.7 cm³/mol. The van der Waals surface area contributed by atoms with Crippen molar-refractivity contribution in [3.8, 4) is 0 Å². The van der Waals surface area contributed by atoms with Gasteiger partial charge in [0.2, 0.25) is 10.0 Å². The Bertz CT molecular complexity index is 700. The quantitative estimate of drug-likeness (QED) is 0.681. The van der Waals surface area contributed by atoms with Crippen molar-refractivity contribution in [2.45, 2.75) is 45.1 Å². The molecule has 2 aliphatic rings. The lowest BCUT2D eigenvalue weighted by atomic mass is 10.1. The Labute approximate surface area is 142 Å². The average molecular weight is 355 g/mol. The Morgan fingerprint density at radius 2 is 2.12 bits per heavy atom. The zero-order valence-electron chi connectivity index (χ0n) is 13.8. The van der Waals surface area contributed by atoms with E-state index in [0.29, 0.717) is 26.1 Å². The molecule has 0 saturated carbocycles. The predicted octanol–water partition coefficient (Wildman–Crippen LogP) is 0.499. The first-order valence-corrected chi connectivity index (χ1v) is 10.2. The van der Waals surface area contributed by atoms with Crippen LogP contribution in [0.3, 0.4) is 0 Å². The Morgan fingerprint density at radius 3 is 2.92 bits per heavy atom. The highest BCUT2D eigenvalue weighted by atomic mass is 32.2. The number of hydrogen-bond donors (Lipinski definition) is 3. The first-order valence-electron chi connectivity index (χ1n) is 8.50. The summed E-state index contributed by atoms with van der Waals surface area (Å²) >= 11 is 0. The largest absolute Gasteiger partial charge is 0.332 e. The van der Waals surface area contributed by atoms with Gasteiger partial charge in [-0.05, 0) is 43.6 Å². The molecule has 1 aromatic rings. The number of hydrogen-bond acceptors (Lipinski definition) is 4. The maximum atomic E-state index is 12.3. The number of nitrogens with zero attached hydrogens (tertiary/aromatic N) is 2. The zero-order valence-corrected chi connectivity index (χ0v) is 14.6. The van der Waals surface area contributed by atoms with Crippen molar-refractivity contribution in [2.24, 2.45) is 11.1 Å². The lowest BCUT2D eigenvalue weighted by Gasteiger charge is -2.17. The molecule has 4 N–H and O–H groups in total. The molecule has 0 radical (unpaired) electrons. The number of urea groups is 1. The fraction of sp³-hybridized carbons (Fsp3) is 0.733. The molecule has 8 nitrogen and oxygen atoms in total. The number of carbonyl (C=O) groups is 1. The van der Waals surface area contributed by atoms with E-state index in [4.69, 9.17) is 5.14 Å². The molecule has 134 valence electrons. The maximum absolute atomic E-state index is 12.3. The van der Waals surface area contributed by atoms with Crippen LogP contribution < -0.4 is 10.5 Å². The van der Waals surface area contributed by atoms with E-state index < -0.39 is 10.0 Å². The van der Waals surface area contributed by atoms with Crippen LogP contribution in [-0.2, 0) is 29.4 Å². The fourth-order valence-corrected chi connectivity index (χ4v) is 4.55. The molecule has 0 aromatic carbocycles. The summed E-state index contributed by atoms with van der Waals surface area (Å²) in [6.45, 7) is 1.40. The molecular weight excluding hydrogens is 330 g/mol. The van der Waals surface area contributed by atoms with Crippen LogP contribution in [0.4, 0.5) is 4.79 Å². The van der Waals surface area contributed by atoms with Gasteiger partial charge < -0.3 is 10.2 Å². The van der Waals surface area contributed by atoms with Crippen LogP contribution in [-0.4, -0.2) is 48.4 Å². The number of nitrogens with two attached hydrogens (primary N) is 1. The molecule has 1 atom stereocenters. The highest BCUT2D eigenvalue weighted by Crippen LogP contribution is 2.22. The first kappa shape index (κ1) is 17.2. The molecule has 0 spiro atoms. The van der Waals surface area contributed by atoms with E-state index in [2.05, 4.69) is 15.5 Å². The molecular formula is C15H25N5O3S. The van der Waals surface area contributed by atoms with E-state index in [1.807, 2.05) is 0 Å². The van der Waals surface area contributed by atoms with Crippen molar-refractivity contribution in [1.82, 2.24) is 20.4 Å². The number of fused-ring (bicyclic) bond motifs is 1. The number of rotatable bonds is 4. The maximum Gasteiger partial charge on any atom is 0.317 e. The van der Waals surface area contributed by atoms with E-state index in [-0.39, 0.29) is 17.7 Å². The highest BCUT2D eigenvalue weighted by molar-refractivity contribution is 7.89. The number of aryl methyl sites for hydroxylation is 1. The van der Waals surface area contributed by atoms with Gasteiger partial charge in [0.05, 0.1) is 18.0 Å². The second-order valence-electron chi connectivity index (χ2n) is 6.78. The molecule has 1 fully saturated rings. The van der Waals surface area contributed by atoms with Crippen LogP contribution in [0.15, 0.2) is 0 Å². The van der Waals surface area contributed by atoms with Crippen molar-refractivity contribution in [3.05, 3.63) is 17.0 Å². The number of aromatic nitrogens is 2. The van der Waals surface area contributed by atoms with Gasteiger partial charge in [0.1, 0.15) is 0 Å². The topological polar surface area (TPSA) is 121 Å². The minimum Gasteiger partial charge on any atom is -0.332 e. The molecule has 24 heavy (non-hydrogen) atoms. The third-order valence-electron chi connectivity index (χ3n) is 4.84. The normalized spacial score (nSPS) is 21.4. The molecule has 3 rings (SSSR count). The van der Waals surface area contributed by atoms with Gasteiger partial charge in [-0.1, -0.05) is 6.42 Å². The Hall–Kier alpha value is -1.61. The summed E-state index contributed by atoms with van der Waals surface area (Å²) < 4.78 is 22.3. The van der Waals surface area contributed by atoms with Crippen LogP contribution >= 0.6 is 0 Å². The number of nitrogens with one attached hydrogen (secondary N) is 2. The van der Waals surface area contributed by atoms with Crippen LogP contribution in [0.1, 0.15) is 42.6 Å². The third-order valence-corrected chi connectivity index (χ3v) is 5.78.